The van der Waals surface area contributed by atoms with E-state index in [1.54, 1.807) is 0 Å². The molecule has 1 aromatic heterocycles. The number of hydrogen-bond donors (Lipinski definition) is 0. The van der Waals surface area contributed by atoms with Gasteiger partial charge in [-0.3, -0.25) is 9.69 Å². The Morgan fingerprint density at radius 3 is 2.00 bits per heavy atom. The first kappa shape index (κ1) is 24.1. The first-order valence-electron chi connectivity index (χ1n) is 13.4. The smallest absolute Gasteiger partial charge is 0.227 e. The van der Waals surface area contributed by atoms with Gasteiger partial charge in [-0.05, 0) is 34.4 Å². The van der Waals surface area contributed by atoms with Gasteiger partial charge in [-0.2, -0.15) is 0 Å². The lowest BCUT2D eigenvalue weighted by molar-refractivity contribution is -0.132. The van der Waals surface area contributed by atoms with E-state index in [9.17, 15) is 4.79 Å². The molecule has 0 aliphatic carbocycles. The first-order chi connectivity index (χ1) is 18.7. The fraction of sp³-hybridized carbons (Fsp3) is 0.212. The predicted molar refractivity (Wildman–Crippen MR) is 153 cm³/mol. The lowest BCUT2D eigenvalue weighted by Gasteiger charge is -2.34. The minimum atomic E-state index is 0.202. The maximum Gasteiger partial charge on any atom is 0.227 e. The van der Waals surface area contributed by atoms with Gasteiger partial charge in [-0.25, -0.2) is 4.98 Å². The zero-order chi connectivity index (χ0) is 25.7. The van der Waals surface area contributed by atoms with Crippen molar-refractivity contribution in [3.8, 4) is 11.1 Å². The van der Waals surface area contributed by atoms with Gasteiger partial charge < -0.3 is 9.47 Å². The van der Waals surface area contributed by atoms with Crippen molar-refractivity contribution in [2.75, 3.05) is 26.2 Å². The molecule has 5 nitrogen and oxygen atoms in total. The predicted octanol–water partition coefficient (Wildman–Crippen LogP) is 5.64. The lowest BCUT2D eigenvalue weighted by Crippen LogP contribution is -2.49. The summed E-state index contributed by atoms with van der Waals surface area (Å²) in [4.78, 5) is 22.5. The van der Waals surface area contributed by atoms with E-state index in [2.05, 4.69) is 94.4 Å². The van der Waals surface area contributed by atoms with Crippen molar-refractivity contribution in [2.45, 2.75) is 19.5 Å². The Bertz CT molecular complexity index is 1500. The Balaban J connectivity index is 1.08. The highest BCUT2D eigenvalue weighted by Crippen LogP contribution is 2.21. The number of aromatic nitrogens is 2. The van der Waals surface area contributed by atoms with E-state index in [1.165, 1.54) is 22.2 Å². The van der Waals surface area contributed by atoms with Crippen LogP contribution in [-0.2, 0) is 24.3 Å². The molecule has 0 unspecified atom stereocenters. The van der Waals surface area contributed by atoms with E-state index < -0.39 is 0 Å². The number of hydrogen-bond acceptors (Lipinski definition) is 3. The molecule has 0 N–H and O–H groups in total. The van der Waals surface area contributed by atoms with Crippen LogP contribution < -0.4 is 0 Å². The standard InChI is InChI=1S/C33H32N4O/c38-33(23-26-15-17-29(18-16-26)28-11-5-2-6-12-28)36-21-19-35(20-22-36)25-32-34-30-13-7-8-14-31(30)37(32)24-27-9-3-1-4-10-27/h1-18H,19-25H2. The average Bonchev–Trinajstić information content (AvgIpc) is 3.31. The molecular weight excluding hydrogens is 468 g/mol. The Morgan fingerprint density at radius 2 is 1.26 bits per heavy atom. The van der Waals surface area contributed by atoms with Gasteiger partial charge in [-0.15, -0.1) is 0 Å². The van der Waals surface area contributed by atoms with Gasteiger partial charge in [0.2, 0.25) is 5.91 Å². The van der Waals surface area contributed by atoms with Gasteiger partial charge in [0.05, 0.1) is 24.0 Å². The molecule has 38 heavy (non-hydrogen) atoms. The van der Waals surface area contributed by atoms with Crippen molar-refractivity contribution in [3.63, 3.8) is 0 Å². The van der Waals surface area contributed by atoms with Crippen LogP contribution in [0.2, 0.25) is 0 Å². The molecule has 0 radical (unpaired) electrons. The number of fused-ring (bicyclic) bond motifs is 1. The van der Waals surface area contributed by atoms with E-state index in [0.29, 0.717) is 6.42 Å². The maximum absolute atomic E-state index is 13.1. The van der Waals surface area contributed by atoms with Crippen LogP contribution in [0.5, 0.6) is 0 Å². The highest BCUT2D eigenvalue weighted by molar-refractivity contribution is 5.79. The number of para-hydroxylation sites is 2. The fourth-order valence-corrected chi connectivity index (χ4v) is 5.28. The lowest BCUT2D eigenvalue weighted by atomic mass is 10.0. The molecule has 1 amide bonds. The van der Waals surface area contributed by atoms with E-state index >= 15 is 0 Å². The minimum absolute atomic E-state index is 0.202. The Morgan fingerprint density at radius 1 is 0.632 bits per heavy atom. The Kier molecular flexibility index (Phi) is 7.01. The third-order valence-electron chi connectivity index (χ3n) is 7.42. The Labute approximate surface area is 224 Å². The molecule has 0 atom stereocenters. The van der Waals surface area contributed by atoms with Crippen molar-refractivity contribution < 1.29 is 4.79 Å². The zero-order valence-corrected chi connectivity index (χ0v) is 21.5. The van der Waals surface area contributed by atoms with Crippen LogP contribution in [0, 0.1) is 0 Å². The normalized spacial score (nSPS) is 14.2. The second-order valence-corrected chi connectivity index (χ2v) is 9.99. The van der Waals surface area contributed by atoms with Crippen LogP contribution in [0.3, 0.4) is 0 Å². The quantitative estimate of drug-likeness (QED) is 0.291. The third-order valence-corrected chi connectivity index (χ3v) is 7.42. The highest BCUT2D eigenvalue weighted by Gasteiger charge is 2.23. The highest BCUT2D eigenvalue weighted by atomic mass is 16.2. The molecule has 4 aromatic carbocycles. The van der Waals surface area contributed by atoms with E-state index in [0.717, 1.165) is 56.2 Å². The average molecular weight is 501 g/mol. The third kappa shape index (κ3) is 5.38. The number of piperazine rings is 1. The monoisotopic (exact) mass is 500 g/mol. The molecule has 5 heteroatoms. The van der Waals surface area contributed by atoms with Gasteiger partial charge in [0.1, 0.15) is 5.82 Å². The van der Waals surface area contributed by atoms with Crippen molar-refractivity contribution in [2.24, 2.45) is 0 Å². The molecular formula is C33H32N4O. The van der Waals surface area contributed by atoms with Crippen molar-refractivity contribution in [1.29, 1.82) is 0 Å². The summed E-state index contributed by atoms with van der Waals surface area (Å²) in [7, 11) is 0. The molecule has 1 aliphatic heterocycles. The number of rotatable bonds is 7. The van der Waals surface area contributed by atoms with Crippen LogP contribution in [-0.4, -0.2) is 51.4 Å². The summed E-state index contributed by atoms with van der Waals surface area (Å²) in [6.45, 7) is 4.79. The van der Waals surface area contributed by atoms with Gasteiger partial charge in [0, 0.05) is 32.7 Å². The summed E-state index contributed by atoms with van der Waals surface area (Å²) in [6.07, 6.45) is 0.446. The molecule has 190 valence electrons. The van der Waals surface area contributed by atoms with E-state index in [-0.39, 0.29) is 5.91 Å². The number of benzene rings is 4. The van der Waals surface area contributed by atoms with Gasteiger partial charge in [0.15, 0.2) is 0 Å². The number of carbonyl (C=O) groups excluding carboxylic acids is 1. The second kappa shape index (κ2) is 11.0. The zero-order valence-electron chi connectivity index (χ0n) is 21.5. The van der Waals surface area contributed by atoms with E-state index in [4.69, 9.17) is 4.98 Å². The van der Waals surface area contributed by atoms with Crippen LogP contribution in [0.25, 0.3) is 22.2 Å². The molecule has 0 spiro atoms. The molecule has 1 fully saturated rings. The summed E-state index contributed by atoms with van der Waals surface area (Å²) in [5, 5.41) is 0. The molecule has 0 bridgehead atoms. The largest absolute Gasteiger partial charge is 0.340 e. The molecule has 0 saturated carbocycles. The van der Waals surface area contributed by atoms with Crippen LogP contribution in [0.4, 0.5) is 0 Å². The summed E-state index contributed by atoms with van der Waals surface area (Å²) in [5.41, 5.74) is 6.90. The fourth-order valence-electron chi connectivity index (χ4n) is 5.28. The SMILES string of the molecule is O=C(Cc1ccc(-c2ccccc2)cc1)N1CCN(Cc2nc3ccccc3n2Cc2ccccc2)CC1. The van der Waals surface area contributed by atoms with Crippen molar-refractivity contribution in [3.05, 3.63) is 126 Å². The summed E-state index contributed by atoms with van der Waals surface area (Å²) in [6, 6.07) is 37.6. The molecule has 1 aliphatic rings. The maximum atomic E-state index is 13.1. The van der Waals surface area contributed by atoms with E-state index in [1.807, 2.05) is 29.2 Å². The number of amides is 1. The molecule has 2 heterocycles. The van der Waals surface area contributed by atoms with Gasteiger partial charge >= 0.3 is 0 Å². The van der Waals surface area contributed by atoms with Gasteiger partial charge in [0.25, 0.3) is 0 Å². The number of nitrogens with zero attached hydrogens (tertiary/aromatic N) is 4. The Hall–Kier alpha value is -4.22. The number of carbonyl (C=O) groups is 1. The molecule has 6 rings (SSSR count). The van der Waals surface area contributed by atoms with Crippen molar-refractivity contribution in [1.82, 2.24) is 19.4 Å². The molecule has 5 aromatic rings. The minimum Gasteiger partial charge on any atom is -0.340 e. The van der Waals surface area contributed by atoms with Crippen LogP contribution >= 0.6 is 0 Å². The van der Waals surface area contributed by atoms with Crippen LogP contribution in [0.1, 0.15) is 17.0 Å². The first-order valence-corrected chi connectivity index (χ1v) is 13.4. The summed E-state index contributed by atoms with van der Waals surface area (Å²) < 4.78 is 2.33. The number of imidazole rings is 1. The topological polar surface area (TPSA) is 41.4 Å². The second-order valence-electron chi connectivity index (χ2n) is 9.99. The van der Waals surface area contributed by atoms with Gasteiger partial charge in [-0.1, -0.05) is 97.1 Å². The summed E-state index contributed by atoms with van der Waals surface area (Å²) >= 11 is 0. The molecule has 1 saturated heterocycles. The van der Waals surface area contributed by atoms with Crippen molar-refractivity contribution >= 4 is 16.9 Å². The summed E-state index contributed by atoms with van der Waals surface area (Å²) in [5.74, 6) is 1.28. The van der Waals surface area contributed by atoms with Crippen LogP contribution in [0.15, 0.2) is 109 Å².